The lowest BCUT2D eigenvalue weighted by Gasteiger charge is -2.21. The van der Waals surface area contributed by atoms with Crippen LogP contribution >= 0.6 is 15.9 Å². The molecule has 1 saturated heterocycles. The van der Waals surface area contributed by atoms with E-state index in [-0.39, 0.29) is 6.04 Å². The second-order valence-electron chi connectivity index (χ2n) is 4.82. The molecule has 6 nitrogen and oxygen atoms in total. The molecule has 3 rings (SSSR count). The average molecular weight is 325 g/mol. The van der Waals surface area contributed by atoms with E-state index in [4.69, 9.17) is 15.0 Å². The van der Waals surface area contributed by atoms with Gasteiger partial charge in [0.1, 0.15) is 5.69 Å². The van der Waals surface area contributed by atoms with E-state index in [1.807, 2.05) is 19.1 Å². The number of ether oxygens (including phenoxy) is 1. The van der Waals surface area contributed by atoms with Crippen molar-refractivity contribution in [2.45, 2.75) is 18.4 Å². The summed E-state index contributed by atoms with van der Waals surface area (Å²) in [5.41, 5.74) is 6.27. The first-order valence-corrected chi connectivity index (χ1v) is 6.68. The van der Waals surface area contributed by atoms with E-state index in [9.17, 15) is 0 Å². The van der Waals surface area contributed by atoms with Crippen molar-refractivity contribution < 1.29 is 9.26 Å². The number of hydrogen-bond acceptors (Lipinski definition) is 6. The lowest BCUT2D eigenvalue weighted by molar-refractivity contribution is 0.169. The van der Waals surface area contributed by atoms with Crippen LogP contribution in [0.15, 0.2) is 27.3 Å². The van der Waals surface area contributed by atoms with E-state index >= 15 is 0 Å². The highest BCUT2D eigenvalue weighted by Crippen LogP contribution is 2.31. The molecule has 2 N–H and O–H groups in total. The summed E-state index contributed by atoms with van der Waals surface area (Å²) in [5, 5.41) is 3.97. The fourth-order valence-electron chi connectivity index (χ4n) is 1.98. The van der Waals surface area contributed by atoms with Gasteiger partial charge in [-0.1, -0.05) is 5.16 Å². The minimum absolute atomic E-state index is 0.140. The van der Waals surface area contributed by atoms with Gasteiger partial charge in [0.2, 0.25) is 11.7 Å². The van der Waals surface area contributed by atoms with E-state index in [0.29, 0.717) is 30.6 Å². The minimum atomic E-state index is -0.430. The first kappa shape index (κ1) is 12.7. The fourth-order valence-corrected chi connectivity index (χ4v) is 2.21. The zero-order chi connectivity index (χ0) is 13.5. The number of aromatic nitrogens is 3. The summed E-state index contributed by atoms with van der Waals surface area (Å²) in [5.74, 6) is 0.958. The number of halogens is 1. The Kier molecular flexibility index (Phi) is 3.12. The molecule has 0 bridgehead atoms. The summed E-state index contributed by atoms with van der Waals surface area (Å²) in [4.78, 5) is 8.63. The largest absolute Gasteiger partial charge is 0.379 e. The van der Waals surface area contributed by atoms with Crippen LogP contribution in [0, 0.1) is 0 Å². The Balaban J connectivity index is 1.93. The van der Waals surface area contributed by atoms with Crippen molar-refractivity contribution in [2.75, 3.05) is 13.2 Å². The van der Waals surface area contributed by atoms with Crippen molar-refractivity contribution in [3.63, 3.8) is 0 Å². The smallest absolute Gasteiger partial charge is 0.236 e. The van der Waals surface area contributed by atoms with Gasteiger partial charge in [0.25, 0.3) is 0 Å². The van der Waals surface area contributed by atoms with Crippen molar-refractivity contribution in [1.82, 2.24) is 15.1 Å². The molecule has 1 fully saturated rings. The van der Waals surface area contributed by atoms with Crippen LogP contribution in [0.3, 0.4) is 0 Å². The molecular formula is C12H13BrN4O2. The molecule has 0 spiro atoms. The fraction of sp³-hybridized carbons (Fsp3) is 0.417. The van der Waals surface area contributed by atoms with Crippen molar-refractivity contribution in [1.29, 1.82) is 0 Å². The van der Waals surface area contributed by atoms with Crippen LogP contribution < -0.4 is 5.73 Å². The van der Waals surface area contributed by atoms with Gasteiger partial charge in [0, 0.05) is 16.7 Å². The molecule has 0 saturated carbocycles. The Bertz CT molecular complexity index is 586. The molecule has 1 aliphatic heterocycles. The van der Waals surface area contributed by atoms with E-state index in [1.165, 1.54) is 0 Å². The molecule has 2 atom stereocenters. The van der Waals surface area contributed by atoms with Crippen LogP contribution in [0.5, 0.6) is 0 Å². The van der Waals surface area contributed by atoms with Gasteiger partial charge in [-0.3, -0.25) is 4.98 Å². The first-order valence-electron chi connectivity index (χ1n) is 5.89. The van der Waals surface area contributed by atoms with Gasteiger partial charge < -0.3 is 15.0 Å². The zero-order valence-corrected chi connectivity index (χ0v) is 11.9. The Hall–Kier alpha value is -1.31. The third-order valence-electron chi connectivity index (χ3n) is 3.39. The van der Waals surface area contributed by atoms with Gasteiger partial charge in [-0.25, -0.2) is 0 Å². The second kappa shape index (κ2) is 4.66. The Morgan fingerprint density at radius 3 is 2.95 bits per heavy atom. The van der Waals surface area contributed by atoms with Gasteiger partial charge in [0.05, 0.1) is 18.6 Å². The van der Waals surface area contributed by atoms with Gasteiger partial charge in [-0.15, -0.1) is 0 Å². The molecule has 2 aromatic heterocycles. The van der Waals surface area contributed by atoms with Crippen LogP contribution in [0.2, 0.25) is 0 Å². The number of pyridine rings is 1. The zero-order valence-electron chi connectivity index (χ0n) is 10.3. The molecule has 3 heterocycles. The standard InChI is InChI=1S/C12H13BrN4O2/c1-12(6-18-5-9(12)14)11-16-10(17-19-11)8-3-2-7(13)4-15-8/h2-4,9H,5-6,14H2,1H3. The molecule has 2 aromatic rings. The summed E-state index contributed by atoms with van der Waals surface area (Å²) in [6.45, 7) is 2.96. The van der Waals surface area contributed by atoms with Crippen LogP contribution in [0.1, 0.15) is 12.8 Å². The van der Waals surface area contributed by atoms with Gasteiger partial charge in [-0.2, -0.15) is 4.98 Å². The predicted octanol–water partition coefficient (Wildman–Crippen LogP) is 1.51. The summed E-state index contributed by atoms with van der Waals surface area (Å²) in [6.07, 6.45) is 1.69. The molecule has 1 aliphatic rings. The normalized spacial score (nSPS) is 26.8. The second-order valence-corrected chi connectivity index (χ2v) is 5.74. The molecule has 7 heteroatoms. The van der Waals surface area contributed by atoms with Crippen molar-refractivity contribution in [3.05, 3.63) is 28.7 Å². The van der Waals surface area contributed by atoms with Crippen molar-refractivity contribution in [2.24, 2.45) is 5.73 Å². The maximum absolute atomic E-state index is 6.04. The van der Waals surface area contributed by atoms with E-state index in [1.54, 1.807) is 6.20 Å². The summed E-state index contributed by atoms with van der Waals surface area (Å²) in [7, 11) is 0. The molecule has 0 aliphatic carbocycles. The lowest BCUT2D eigenvalue weighted by Crippen LogP contribution is -2.42. The monoisotopic (exact) mass is 324 g/mol. The van der Waals surface area contributed by atoms with Gasteiger partial charge >= 0.3 is 0 Å². The number of nitrogens with two attached hydrogens (primary N) is 1. The minimum Gasteiger partial charge on any atom is -0.379 e. The summed E-state index contributed by atoms with van der Waals surface area (Å²) < 4.78 is 11.6. The molecule has 0 radical (unpaired) electrons. The van der Waals surface area contributed by atoms with E-state index in [2.05, 4.69) is 31.1 Å². The molecule has 100 valence electrons. The maximum atomic E-state index is 6.04. The highest BCUT2D eigenvalue weighted by Gasteiger charge is 2.44. The maximum Gasteiger partial charge on any atom is 0.236 e. The van der Waals surface area contributed by atoms with Crippen LogP contribution in [-0.4, -0.2) is 34.4 Å². The quantitative estimate of drug-likeness (QED) is 0.900. The van der Waals surface area contributed by atoms with E-state index < -0.39 is 5.41 Å². The Morgan fingerprint density at radius 1 is 1.47 bits per heavy atom. The Morgan fingerprint density at radius 2 is 2.32 bits per heavy atom. The van der Waals surface area contributed by atoms with Crippen LogP contribution in [0.4, 0.5) is 0 Å². The number of rotatable bonds is 2. The lowest BCUT2D eigenvalue weighted by atomic mass is 9.86. The number of nitrogens with zero attached hydrogens (tertiary/aromatic N) is 3. The average Bonchev–Trinajstić information content (AvgIpc) is 3.00. The van der Waals surface area contributed by atoms with Crippen molar-refractivity contribution >= 4 is 15.9 Å². The molecule has 0 aromatic carbocycles. The molecule has 0 amide bonds. The van der Waals surface area contributed by atoms with Gasteiger partial charge in [0.15, 0.2) is 0 Å². The SMILES string of the molecule is CC1(c2nc(-c3ccc(Br)cn3)no2)COCC1N. The summed E-state index contributed by atoms with van der Waals surface area (Å²) >= 11 is 3.33. The first-order chi connectivity index (χ1) is 9.09. The highest BCUT2D eigenvalue weighted by molar-refractivity contribution is 9.10. The van der Waals surface area contributed by atoms with Gasteiger partial charge in [-0.05, 0) is 35.0 Å². The highest BCUT2D eigenvalue weighted by atomic mass is 79.9. The third-order valence-corrected chi connectivity index (χ3v) is 3.86. The summed E-state index contributed by atoms with van der Waals surface area (Å²) in [6, 6.07) is 3.56. The molecule has 2 unspecified atom stereocenters. The third kappa shape index (κ3) is 2.18. The van der Waals surface area contributed by atoms with Crippen LogP contribution in [0.25, 0.3) is 11.5 Å². The molecular weight excluding hydrogens is 312 g/mol. The topological polar surface area (TPSA) is 87.1 Å². The van der Waals surface area contributed by atoms with Crippen molar-refractivity contribution in [3.8, 4) is 11.5 Å². The van der Waals surface area contributed by atoms with Crippen LogP contribution in [-0.2, 0) is 10.2 Å². The molecule has 19 heavy (non-hydrogen) atoms. The predicted molar refractivity (Wildman–Crippen MR) is 71.4 cm³/mol. The van der Waals surface area contributed by atoms with E-state index in [0.717, 1.165) is 4.47 Å². The number of hydrogen-bond donors (Lipinski definition) is 1. The Labute approximate surface area is 118 Å².